The molecule has 1 heterocycles. The van der Waals surface area contributed by atoms with Crippen LogP contribution in [-0.2, 0) is 6.42 Å². The lowest BCUT2D eigenvalue weighted by molar-refractivity contribution is 0.102. The smallest absolute Gasteiger partial charge is 0.255 e. The normalized spacial score (nSPS) is 10.4. The number of hydrogen-bond donors (Lipinski definition) is 2. The molecule has 0 unspecified atom stereocenters. The van der Waals surface area contributed by atoms with E-state index in [9.17, 15) is 13.6 Å². The van der Waals surface area contributed by atoms with Gasteiger partial charge in [-0.05, 0) is 48.4 Å². The van der Waals surface area contributed by atoms with Crippen molar-refractivity contribution in [1.82, 2.24) is 4.98 Å². The van der Waals surface area contributed by atoms with Gasteiger partial charge in [0.15, 0.2) is 0 Å². The number of ether oxygens (including phenoxy) is 1. The first-order chi connectivity index (χ1) is 13.5. The number of anilines is 2. The largest absolute Gasteiger partial charge is 0.497 e. The summed E-state index contributed by atoms with van der Waals surface area (Å²) >= 11 is 0. The first-order valence-electron chi connectivity index (χ1n) is 8.64. The molecule has 2 N–H and O–H groups in total. The number of benzene rings is 2. The average Bonchev–Trinajstić information content (AvgIpc) is 2.70. The molecule has 3 aromatic rings. The summed E-state index contributed by atoms with van der Waals surface area (Å²) in [5.74, 6) is -0.734. The molecule has 0 aliphatic rings. The number of rotatable bonds is 7. The Balaban J connectivity index is 1.60. The van der Waals surface area contributed by atoms with Gasteiger partial charge in [0.1, 0.15) is 23.2 Å². The highest BCUT2D eigenvalue weighted by Gasteiger charge is 2.11. The number of nitrogens with one attached hydrogen (secondary N) is 2. The highest BCUT2D eigenvalue weighted by atomic mass is 19.1. The Morgan fingerprint density at radius 1 is 1.11 bits per heavy atom. The van der Waals surface area contributed by atoms with Gasteiger partial charge < -0.3 is 15.4 Å². The topological polar surface area (TPSA) is 63.2 Å². The summed E-state index contributed by atoms with van der Waals surface area (Å²) < 4.78 is 31.9. The Morgan fingerprint density at radius 3 is 2.75 bits per heavy atom. The zero-order valence-electron chi connectivity index (χ0n) is 15.2. The summed E-state index contributed by atoms with van der Waals surface area (Å²) in [5.41, 5.74) is 1.32. The van der Waals surface area contributed by atoms with Gasteiger partial charge in [-0.3, -0.25) is 4.79 Å². The van der Waals surface area contributed by atoms with Crippen molar-refractivity contribution in [2.24, 2.45) is 0 Å². The van der Waals surface area contributed by atoms with Crippen molar-refractivity contribution in [3.05, 3.63) is 83.6 Å². The van der Waals surface area contributed by atoms with Gasteiger partial charge in [0.05, 0.1) is 12.8 Å². The number of amides is 1. The van der Waals surface area contributed by atoms with E-state index in [0.29, 0.717) is 24.0 Å². The molecule has 2 aromatic carbocycles. The third-order valence-electron chi connectivity index (χ3n) is 4.06. The molecule has 3 rings (SSSR count). The minimum atomic E-state index is -0.834. The van der Waals surface area contributed by atoms with E-state index >= 15 is 0 Å². The Morgan fingerprint density at radius 2 is 1.96 bits per heavy atom. The molecule has 0 aliphatic carbocycles. The van der Waals surface area contributed by atoms with Crippen molar-refractivity contribution in [1.29, 1.82) is 0 Å². The predicted octanol–water partition coefficient (Wildman–Crippen LogP) is 4.28. The lowest BCUT2D eigenvalue weighted by Gasteiger charge is -2.09. The number of hydrogen-bond acceptors (Lipinski definition) is 4. The van der Waals surface area contributed by atoms with Gasteiger partial charge in [-0.25, -0.2) is 13.8 Å². The summed E-state index contributed by atoms with van der Waals surface area (Å²) in [4.78, 5) is 16.5. The summed E-state index contributed by atoms with van der Waals surface area (Å²) in [5, 5.41) is 5.58. The van der Waals surface area contributed by atoms with Crippen LogP contribution in [0.3, 0.4) is 0 Å². The molecule has 5 nitrogen and oxygen atoms in total. The number of methoxy groups -OCH3 is 1. The minimum absolute atomic E-state index is 0.0873. The lowest BCUT2D eigenvalue weighted by Crippen LogP contribution is -2.14. The molecule has 7 heteroatoms. The fourth-order valence-corrected chi connectivity index (χ4v) is 2.62. The number of pyridine rings is 1. The third kappa shape index (κ3) is 5.03. The number of halogens is 2. The molecule has 28 heavy (non-hydrogen) atoms. The van der Waals surface area contributed by atoms with Gasteiger partial charge in [-0.2, -0.15) is 0 Å². The summed E-state index contributed by atoms with van der Waals surface area (Å²) in [6, 6.07) is 13.8. The second-order valence-corrected chi connectivity index (χ2v) is 6.04. The first-order valence-corrected chi connectivity index (χ1v) is 8.64. The fourth-order valence-electron chi connectivity index (χ4n) is 2.62. The van der Waals surface area contributed by atoms with E-state index in [-0.39, 0.29) is 5.69 Å². The Labute approximate surface area is 161 Å². The SMILES string of the molecule is COc1cccc(CCNc2cc(C(=O)Nc3ccc(F)cc3F)ccn2)c1. The molecule has 0 fully saturated rings. The standard InChI is InChI=1S/C21H19F2N3O2/c1-28-17-4-2-3-14(11-17)7-9-24-20-12-15(8-10-25-20)21(27)26-19-6-5-16(22)13-18(19)23/h2-6,8,10-13H,7,9H2,1H3,(H,24,25)(H,26,27). The van der Waals surface area contributed by atoms with Crippen LogP contribution in [0.1, 0.15) is 15.9 Å². The van der Waals surface area contributed by atoms with Crippen LogP contribution in [0.5, 0.6) is 5.75 Å². The third-order valence-corrected chi connectivity index (χ3v) is 4.06. The highest BCUT2D eigenvalue weighted by molar-refractivity contribution is 6.04. The van der Waals surface area contributed by atoms with Gasteiger partial charge in [-0.15, -0.1) is 0 Å². The van der Waals surface area contributed by atoms with E-state index in [0.717, 1.165) is 23.8 Å². The summed E-state index contributed by atoms with van der Waals surface area (Å²) in [6.45, 7) is 0.609. The van der Waals surface area contributed by atoms with Crippen molar-refractivity contribution in [3.63, 3.8) is 0 Å². The second kappa shape index (κ2) is 8.94. The quantitative estimate of drug-likeness (QED) is 0.639. The van der Waals surface area contributed by atoms with Crippen LogP contribution in [-0.4, -0.2) is 24.5 Å². The van der Waals surface area contributed by atoms with Gasteiger partial charge in [0.2, 0.25) is 0 Å². The van der Waals surface area contributed by atoms with Crippen molar-refractivity contribution >= 4 is 17.4 Å². The summed E-state index contributed by atoms with van der Waals surface area (Å²) in [7, 11) is 1.62. The van der Waals surface area contributed by atoms with E-state index in [2.05, 4.69) is 15.6 Å². The van der Waals surface area contributed by atoms with Crippen molar-refractivity contribution in [2.75, 3.05) is 24.3 Å². The fraction of sp³-hybridized carbons (Fsp3) is 0.143. The van der Waals surface area contributed by atoms with Gasteiger partial charge in [-0.1, -0.05) is 12.1 Å². The van der Waals surface area contributed by atoms with Crippen LogP contribution in [0, 0.1) is 11.6 Å². The van der Waals surface area contributed by atoms with E-state index in [1.807, 2.05) is 24.3 Å². The van der Waals surface area contributed by atoms with Crippen LogP contribution in [0.25, 0.3) is 0 Å². The lowest BCUT2D eigenvalue weighted by atomic mass is 10.1. The number of nitrogens with zero attached hydrogens (tertiary/aromatic N) is 1. The number of carbonyl (C=O) groups excluding carboxylic acids is 1. The molecule has 0 radical (unpaired) electrons. The molecule has 0 aliphatic heterocycles. The van der Waals surface area contributed by atoms with Crippen LogP contribution in [0.15, 0.2) is 60.8 Å². The molecular formula is C21H19F2N3O2. The van der Waals surface area contributed by atoms with E-state index in [1.165, 1.54) is 18.3 Å². The van der Waals surface area contributed by atoms with Crippen molar-refractivity contribution < 1.29 is 18.3 Å². The molecule has 0 bridgehead atoms. The Bertz CT molecular complexity index is 979. The summed E-state index contributed by atoms with van der Waals surface area (Å²) in [6.07, 6.45) is 2.24. The zero-order chi connectivity index (χ0) is 19.9. The molecular weight excluding hydrogens is 364 g/mol. The van der Waals surface area contributed by atoms with E-state index in [4.69, 9.17) is 4.74 Å². The second-order valence-electron chi connectivity index (χ2n) is 6.04. The van der Waals surface area contributed by atoms with Crippen LogP contribution >= 0.6 is 0 Å². The average molecular weight is 383 g/mol. The first kappa shape index (κ1) is 19.3. The maximum absolute atomic E-state index is 13.7. The predicted molar refractivity (Wildman–Crippen MR) is 104 cm³/mol. The minimum Gasteiger partial charge on any atom is -0.497 e. The molecule has 0 saturated carbocycles. The van der Waals surface area contributed by atoms with Crippen molar-refractivity contribution in [2.45, 2.75) is 6.42 Å². The Hall–Kier alpha value is -3.48. The Kier molecular flexibility index (Phi) is 6.16. The number of carbonyl (C=O) groups is 1. The van der Waals surface area contributed by atoms with Crippen LogP contribution in [0.4, 0.5) is 20.3 Å². The molecule has 1 aromatic heterocycles. The van der Waals surface area contributed by atoms with Crippen molar-refractivity contribution in [3.8, 4) is 5.75 Å². The molecule has 0 spiro atoms. The van der Waals surface area contributed by atoms with Gasteiger partial charge in [0.25, 0.3) is 5.91 Å². The van der Waals surface area contributed by atoms with Crippen LogP contribution in [0.2, 0.25) is 0 Å². The van der Waals surface area contributed by atoms with Gasteiger partial charge >= 0.3 is 0 Å². The molecule has 1 amide bonds. The highest BCUT2D eigenvalue weighted by Crippen LogP contribution is 2.17. The molecule has 0 atom stereocenters. The number of aromatic nitrogens is 1. The molecule has 0 saturated heterocycles. The van der Waals surface area contributed by atoms with Gasteiger partial charge in [0, 0.05) is 24.4 Å². The monoisotopic (exact) mass is 383 g/mol. The zero-order valence-corrected chi connectivity index (χ0v) is 15.2. The molecule has 144 valence electrons. The van der Waals surface area contributed by atoms with Crippen LogP contribution < -0.4 is 15.4 Å². The maximum atomic E-state index is 13.7. The van der Waals surface area contributed by atoms with E-state index in [1.54, 1.807) is 13.2 Å². The maximum Gasteiger partial charge on any atom is 0.255 e. The van der Waals surface area contributed by atoms with E-state index < -0.39 is 17.5 Å².